The minimum atomic E-state index is -0.648. The van der Waals surface area contributed by atoms with Crippen LogP contribution < -0.4 is 5.32 Å². The predicted molar refractivity (Wildman–Crippen MR) is 101 cm³/mol. The van der Waals surface area contributed by atoms with E-state index in [0.717, 1.165) is 4.90 Å². The summed E-state index contributed by atoms with van der Waals surface area (Å²) in [6.07, 6.45) is 1.55. The highest BCUT2D eigenvalue weighted by Crippen LogP contribution is 2.19. The topological polar surface area (TPSA) is 77.4 Å². The van der Waals surface area contributed by atoms with Crippen LogP contribution in [-0.4, -0.2) is 41.1 Å². The fraction of sp³-hybridized carbons (Fsp3) is 0.278. The van der Waals surface area contributed by atoms with Crippen LogP contribution in [0.15, 0.2) is 41.4 Å². The first kappa shape index (κ1) is 20.1. The van der Waals surface area contributed by atoms with E-state index in [9.17, 15) is 14.4 Å². The largest absolute Gasteiger partial charge is 0.451 e. The fourth-order valence-electron chi connectivity index (χ4n) is 2.11. The van der Waals surface area contributed by atoms with Crippen molar-refractivity contribution in [3.8, 4) is 0 Å². The molecule has 138 valence electrons. The number of ether oxygens (including phenoxy) is 1. The molecule has 26 heavy (non-hydrogen) atoms. The van der Waals surface area contributed by atoms with E-state index >= 15 is 0 Å². The summed E-state index contributed by atoms with van der Waals surface area (Å²) in [5, 5.41) is 3.36. The molecule has 0 aliphatic carbocycles. The van der Waals surface area contributed by atoms with Crippen LogP contribution in [0.2, 0.25) is 5.02 Å². The molecule has 6 nitrogen and oxygen atoms in total. The van der Waals surface area contributed by atoms with Gasteiger partial charge in [0.1, 0.15) is 5.69 Å². The lowest BCUT2D eigenvalue weighted by Gasteiger charge is -2.07. The first-order valence-corrected chi connectivity index (χ1v) is 9.22. The number of aromatic nitrogens is 1. The van der Waals surface area contributed by atoms with Gasteiger partial charge in [0, 0.05) is 41.0 Å². The summed E-state index contributed by atoms with van der Waals surface area (Å²) in [6.45, 7) is 1.49. The number of thioether (sulfide) groups is 1. The third-order valence-electron chi connectivity index (χ3n) is 3.46. The number of benzene rings is 1. The van der Waals surface area contributed by atoms with E-state index in [-0.39, 0.29) is 24.0 Å². The average Bonchev–Trinajstić information content (AvgIpc) is 3.00. The highest BCUT2D eigenvalue weighted by Gasteiger charge is 2.16. The van der Waals surface area contributed by atoms with Crippen molar-refractivity contribution in [1.29, 1.82) is 0 Å². The molecule has 1 N–H and O–H groups in total. The number of hydrogen-bond donors (Lipinski definition) is 1. The maximum absolute atomic E-state index is 12.0. The number of ketones is 1. The second kappa shape index (κ2) is 9.45. The van der Waals surface area contributed by atoms with Gasteiger partial charge in [0.15, 0.2) is 12.4 Å². The Morgan fingerprint density at radius 2 is 1.92 bits per heavy atom. The summed E-state index contributed by atoms with van der Waals surface area (Å²) in [7, 11) is 1.64. The Morgan fingerprint density at radius 1 is 1.23 bits per heavy atom. The van der Waals surface area contributed by atoms with Crippen molar-refractivity contribution in [3.63, 3.8) is 0 Å². The number of esters is 1. The third-order valence-corrected chi connectivity index (χ3v) is 4.73. The summed E-state index contributed by atoms with van der Waals surface area (Å²) in [6, 6.07) is 8.88. The van der Waals surface area contributed by atoms with Gasteiger partial charge < -0.3 is 14.6 Å². The smallest absolute Gasteiger partial charge is 0.355 e. The highest BCUT2D eigenvalue weighted by atomic mass is 35.5. The van der Waals surface area contributed by atoms with Crippen molar-refractivity contribution < 1.29 is 19.1 Å². The van der Waals surface area contributed by atoms with Gasteiger partial charge in [-0.1, -0.05) is 11.6 Å². The Labute approximate surface area is 160 Å². The molecule has 0 fully saturated rings. The first-order valence-electron chi connectivity index (χ1n) is 7.86. The van der Waals surface area contributed by atoms with Gasteiger partial charge in [-0.25, -0.2) is 4.79 Å². The third kappa shape index (κ3) is 5.93. The molecule has 1 amide bonds. The number of nitrogens with one attached hydrogen (secondary N) is 1. The summed E-state index contributed by atoms with van der Waals surface area (Å²) in [5.41, 5.74) is 0.643. The molecule has 1 aromatic heterocycles. The zero-order valence-electron chi connectivity index (χ0n) is 14.5. The summed E-state index contributed by atoms with van der Waals surface area (Å²) >= 11 is 7.40. The van der Waals surface area contributed by atoms with Crippen LogP contribution >= 0.6 is 23.4 Å². The van der Waals surface area contributed by atoms with Gasteiger partial charge in [-0.05, 0) is 37.3 Å². The van der Waals surface area contributed by atoms with Crippen molar-refractivity contribution in [3.05, 3.63) is 52.8 Å². The molecule has 0 radical (unpaired) electrons. The van der Waals surface area contributed by atoms with Crippen LogP contribution in [0.3, 0.4) is 0 Å². The number of nitrogens with zero attached hydrogens (tertiary/aromatic N) is 1. The van der Waals surface area contributed by atoms with E-state index in [2.05, 4.69) is 5.32 Å². The Morgan fingerprint density at radius 3 is 2.54 bits per heavy atom. The number of halogens is 1. The van der Waals surface area contributed by atoms with Crippen LogP contribution in [0.1, 0.15) is 27.8 Å². The van der Waals surface area contributed by atoms with Crippen molar-refractivity contribution in [1.82, 2.24) is 9.88 Å². The van der Waals surface area contributed by atoms with E-state index < -0.39 is 5.97 Å². The van der Waals surface area contributed by atoms with E-state index in [1.54, 1.807) is 25.0 Å². The maximum Gasteiger partial charge on any atom is 0.355 e. The van der Waals surface area contributed by atoms with Crippen molar-refractivity contribution in [2.75, 3.05) is 18.9 Å². The molecule has 0 spiro atoms. The number of carbonyl (C=O) groups is 3. The summed E-state index contributed by atoms with van der Waals surface area (Å²) in [4.78, 5) is 36.1. The molecule has 0 bridgehead atoms. The minimum Gasteiger partial charge on any atom is -0.451 e. The quantitative estimate of drug-likeness (QED) is 0.322. The number of aryl methyl sites for hydroxylation is 1. The minimum absolute atomic E-state index is 0.143. The van der Waals surface area contributed by atoms with Gasteiger partial charge in [0.2, 0.25) is 0 Å². The highest BCUT2D eigenvalue weighted by molar-refractivity contribution is 7.99. The molecule has 8 heteroatoms. The Bertz CT molecular complexity index is 802. The number of rotatable bonds is 8. The van der Waals surface area contributed by atoms with Gasteiger partial charge in [-0.2, -0.15) is 0 Å². The zero-order chi connectivity index (χ0) is 19.1. The number of carbonyl (C=O) groups excluding carboxylic acids is 3. The molecule has 2 rings (SSSR count). The molecule has 0 saturated heterocycles. The van der Waals surface area contributed by atoms with Gasteiger partial charge >= 0.3 is 5.97 Å². The molecule has 0 aliphatic rings. The van der Waals surface area contributed by atoms with E-state index in [0.29, 0.717) is 22.9 Å². The summed E-state index contributed by atoms with van der Waals surface area (Å²) < 4.78 is 6.49. The molecular weight excluding hydrogens is 376 g/mol. The van der Waals surface area contributed by atoms with Crippen molar-refractivity contribution >= 4 is 41.0 Å². The van der Waals surface area contributed by atoms with E-state index in [4.69, 9.17) is 16.3 Å². The molecule has 2 aromatic rings. The van der Waals surface area contributed by atoms with E-state index in [1.165, 1.54) is 17.6 Å². The van der Waals surface area contributed by atoms with Gasteiger partial charge in [0.25, 0.3) is 5.91 Å². The SMILES string of the molecule is CC(=O)c1cc(C(=O)OCC(=O)NCCSc2ccc(Cl)cc2)n(C)c1. The number of amides is 1. The van der Waals surface area contributed by atoms with Crippen molar-refractivity contribution in [2.24, 2.45) is 7.05 Å². The van der Waals surface area contributed by atoms with Crippen LogP contribution in [0.5, 0.6) is 0 Å². The lowest BCUT2D eigenvalue weighted by Crippen LogP contribution is -2.30. The number of Topliss-reactive ketones (excluding diaryl/α,β-unsaturated/α-hetero) is 1. The normalized spacial score (nSPS) is 10.4. The van der Waals surface area contributed by atoms with Crippen LogP contribution in [0.25, 0.3) is 0 Å². The van der Waals surface area contributed by atoms with Crippen LogP contribution in [0.4, 0.5) is 0 Å². The second-order valence-corrected chi connectivity index (χ2v) is 7.11. The molecule has 1 heterocycles. The molecule has 0 atom stereocenters. The zero-order valence-corrected chi connectivity index (χ0v) is 16.0. The van der Waals surface area contributed by atoms with E-state index in [1.807, 2.05) is 24.3 Å². The monoisotopic (exact) mass is 394 g/mol. The molecule has 0 aliphatic heterocycles. The predicted octanol–water partition coefficient (Wildman–Crippen LogP) is 2.95. The lowest BCUT2D eigenvalue weighted by atomic mass is 10.2. The van der Waals surface area contributed by atoms with Gasteiger partial charge in [0.05, 0.1) is 0 Å². The second-order valence-electron chi connectivity index (χ2n) is 5.51. The molecule has 0 saturated carbocycles. The molecule has 1 aromatic carbocycles. The summed E-state index contributed by atoms with van der Waals surface area (Å²) in [5.74, 6) is -0.487. The lowest BCUT2D eigenvalue weighted by molar-refractivity contribution is -0.124. The average molecular weight is 395 g/mol. The van der Waals surface area contributed by atoms with Crippen molar-refractivity contribution in [2.45, 2.75) is 11.8 Å². The Balaban J connectivity index is 1.70. The Kier molecular flexibility index (Phi) is 7.29. The Hall–Kier alpha value is -2.25. The molecule has 0 unspecified atom stereocenters. The first-order chi connectivity index (χ1) is 12.4. The van der Waals surface area contributed by atoms with Crippen LogP contribution in [0, 0.1) is 0 Å². The van der Waals surface area contributed by atoms with Crippen LogP contribution in [-0.2, 0) is 16.6 Å². The molecular formula is C18H19ClN2O4S. The maximum atomic E-state index is 12.0. The fourth-order valence-corrected chi connectivity index (χ4v) is 3.00. The van der Waals surface area contributed by atoms with Gasteiger partial charge in [-0.15, -0.1) is 11.8 Å². The number of hydrogen-bond acceptors (Lipinski definition) is 5. The van der Waals surface area contributed by atoms with Gasteiger partial charge in [-0.3, -0.25) is 9.59 Å². The standard InChI is InChI=1S/C18H19ClN2O4S/c1-12(22)13-9-16(21(2)10-13)18(24)25-11-17(23)20-7-8-26-15-5-3-14(19)4-6-15/h3-6,9-10H,7-8,11H2,1-2H3,(H,20,23).